The summed E-state index contributed by atoms with van der Waals surface area (Å²) in [6.45, 7) is 0. The number of thioether (sulfide) groups is 1. The van der Waals surface area contributed by atoms with Crippen molar-refractivity contribution in [1.82, 2.24) is 4.90 Å². The second kappa shape index (κ2) is 2.76. The molecule has 10 heavy (non-hydrogen) atoms. The van der Waals surface area contributed by atoms with Crippen LogP contribution < -0.4 is 0 Å². The van der Waals surface area contributed by atoms with Crippen molar-refractivity contribution in [2.24, 2.45) is 0 Å². The number of allylic oxidation sites excluding steroid dienone is 1. The van der Waals surface area contributed by atoms with Gasteiger partial charge in [-0.2, -0.15) is 5.26 Å². The van der Waals surface area contributed by atoms with Gasteiger partial charge in [0.2, 0.25) is 5.91 Å². The zero-order valence-electron chi connectivity index (χ0n) is 5.50. The number of rotatable bonds is 0. The highest BCUT2D eigenvalue weighted by atomic mass is 32.2. The molecule has 0 bridgehead atoms. The summed E-state index contributed by atoms with van der Waals surface area (Å²) in [5.41, 5.74) is 0. The molecule has 0 radical (unpaired) electrons. The summed E-state index contributed by atoms with van der Waals surface area (Å²) in [5.74, 6) is 0.524. The second-order valence-electron chi connectivity index (χ2n) is 1.85. The lowest BCUT2D eigenvalue weighted by Gasteiger charge is -2.06. The molecule has 1 heterocycles. The lowest BCUT2D eigenvalue weighted by molar-refractivity contribution is -0.124. The molecule has 0 unspecified atom stereocenters. The molecule has 3 nitrogen and oxygen atoms in total. The minimum Gasteiger partial charge on any atom is -0.309 e. The van der Waals surface area contributed by atoms with E-state index >= 15 is 0 Å². The Morgan fingerprint density at radius 3 is 3.00 bits per heavy atom. The highest BCUT2D eigenvalue weighted by Gasteiger charge is 2.21. The third-order valence-electron chi connectivity index (χ3n) is 1.24. The molecule has 0 aromatic heterocycles. The first-order valence-corrected chi connectivity index (χ1v) is 3.73. The van der Waals surface area contributed by atoms with Crippen LogP contribution in [0.15, 0.2) is 11.1 Å². The average Bonchev–Trinajstić information content (AvgIpc) is 2.20. The third kappa shape index (κ3) is 1.14. The second-order valence-corrected chi connectivity index (χ2v) is 2.85. The molecule has 1 amide bonds. The smallest absolute Gasteiger partial charge is 0.237 e. The van der Waals surface area contributed by atoms with Crippen LogP contribution in [0.5, 0.6) is 0 Å². The molecule has 0 atom stereocenters. The van der Waals surface area contributed by atoms with Gasteiger partial charge in [-0.05, 0) is 0 Å². The highest BCUT2D eigenvalue weighted by Crippen LogP contribution is 2.26. The molecule has 1 aliphatic heterocycles. The van der Waals surface area contributed by atoms with Crippen molar-refractivity contribution in [3.63, 3.8) is 0 Å². The Bertz CT molecular complexity index is 228. The van der Waals surface area contributed by atoms with Crippen LogP contribution in [-0.4, -0.2) is 23.6 Å². The van der Waals surface area contributed by atoms with Gasteiger partial charge in [0.25, 0.3) is 0 Å². The minimum absolute atomic E-state index is 0.0616. The summed E-state index contributed by atoms with van der Waals surface area (Å²) in [5, 5.41) is 9.00. The maximum atomic E-state index is 10.8. The molecule has 0 spiro atoms. The summed E-state index contributed by atoms with van der Waals surface area (Å²) >= 11 is 1.40. The largest absolute Gasteiger partial charge is 0.309 e. The number of nitrogens with zero attached hydrogens (tertiary/aromatic N) is 2. The summed E-state index contributed by atoms with van der Waals surface area (Å²) in [6, 6.07) is 1.88. The summed E-state index contributed by atoms with van der Waals surface area (Å²) in [6.07, 6.45) is 1.38. The molecule has 52 valence electrons. The fourth-order valence-corrected chi connectivity index (χ4v) is 1.54. The Kier molecular flexibility index (Phi) is 1.97. The van der Waals surface area contributed by atoms with Gasteiger partial charge in [0.1, 0.15) is 0 Å². The van der Waals surface area contributed by atoms with Crippen molar-refractivity contribution < 1.29 is 4.79 Å². The van der Waals surface area contributed by atoms with Crippen LogP contribution in [0.25, 0.3) is 0 Å². The SMILES string of the molecule is CN1C(=O)CS/C1=C\C#N. The number of amides is 1. The van der Waals surface area contributed by atoms with Crippen molar-refractivity contribution in [2.45, 2.75) is 0 Å². The molecule has 0 aliphatic carbocycles. The number of carbonyl (C=O) groups excluding carboxylic acids is 1. The molecular weight excluding hydrogens is 148 g/mol. The van der Waals surface area contributed by atoms with E-state index in [0.29, 0.717) is 5.75 Å². The van der Waals surface area contributed by atoms with Gasteiger partial charge in [-0.1, -0.05) is 11.8 Å². The van der Waals surface area contributed by atoms with E-state index in [4.69, 9.17) is 5.26 Å². The predicted octanol–water partition coefficient (Wildman–Crippen LogP) is 0.557. The normalized spacial score (nSPS) is 21.8. The lowest BCUT2D eigenvalue weighted by atomic mass is 10.6. The maximum absolute atomic E-state index is 10.8. The molecule has 0 aromatic rings. The summed E-state index contributed by atoms with van der Waals surface area (Å²) in [7, 11) is 1.67. The van der Waals surface area contributed by atoms with Gasteiger partial charge in [-0.25, -0.2) is 0 Å². The van der Waals surface area contributed by atoms with E-state index < -0.39 is 0 Å². The molecule has 1 saturated heterocycles. The Morgan fingerprint density at radius 1 is 1.90 bits per heavy atom. The number of nitriles is 1. The minimum atomic E-state index is 0.0616. The van der Waals surface area contributed by atoms with Crippen molar-refractivity contribution in [3.8, 4) is 6.07 Å². The van der Waals surface area contributed by atoms with Gasteiger partial charge in [0, 0.05) is 13.1 Å². The Hall–Kier alpha value is -0.950. The molecule has 0 saturated carbocycles. The average molecular weight is 154 g/mol. The molecular formula is C6H6N2OS. The highest BCUT2D eigenvalue weighted by molar-refractivity contribution is 8.04. The van der Waals surface area contributed by atoms with Crippen LogP contribution >= 0.6 is 11.8 Å². The van der Waals surface area contributed by atoms with E-state index in [9.17, 15) is 4.79 Å². The molecule has 1 rings (SSSR count). The quantitative estimate of drug-likeness (QED) is 0.479. The number of carbonyl (C=O) groups is 1. The Labute approximate surface area is 63.3 Å². The van der Waals surface area contributed by atoms with Crippen LogP contribution in [-0.2, 0) is 4.79 Å². The first-order valence-electron chi connectivity index (χ1n) is 2.75. The summed E-state index contributed by atoms with van der Waals surface area (Å²) in [4.78, 5) is 12.3. The van der Waals surface area contributed by atoms with Gasteiger partial charge < -0.3 is 4.90 Å². The van der Waals surface area contributed by atoms with E-state index in [0.717, 1.165) is 5.03 Å². The van der Waals surface area contributed by atoms with Crippen molar-refractivity contribution in [2.75, 3.05) is 12.8 Å². The van der Waals surface area contributed by atoms with Crippen LogP contribution in [0, 0.1) is 11.3 Å². The predicted molar refractivity (Wildman–Crippen MR) is 38.9 cm³/mol. The Morgan fingerprint density at radius 2 is 2.60 bits per heavy atom. The van der Waals surface area contributed by atoms with Crippen LogP contribution in [0.4, 0.5) is 0 Å². The van der Waals surface area contributed by atoms with E-state index in [2.05, 4.69) is 0 Å². The van der Waals surface area contributed by atoms with Gasteiger partial charge in [-0.15, -0.1) is 0 Å². The zero-order valence-corrected chi connectivity index (χ0v) is 6.31. The molecule has 1 aliphatic rings. The van der Waals surface area contributed by atoms with Crippen molar-refractivity contribution >= 4 is 17.7 Å². The molecule has 0 N–H and O–H groups in total. The Balaban J connectivity index is 2.77. The number of hydrogen-bond acceptors (Lipinski definition) is 3. The van der Waals surface area contributed by atoms with Crippen LogP contribution in [0.1, 0.15) is 0 Å². The van der Waals surface area contributed by atoms with Gasteiger partial charge in [0.15, 0.2) is 0 Å². The van der Waals surface area contributed by atoms with Crippen LogP contribution in [0.2, 0.25) is 0 Å². The molecule has 4 heteroatoms. The lowest BCUT2D eigenvalue weighted by Crippen LogP contribution is -2.18. The third-order valence-corrected chi connectivity index (χ3v) is 2.32. The standard InChI is InChI=1S/C6H6N2OS/c1-8-5(9)4-10-6(8)2-3-7/h2H,4H2,1H3/b6-2-. The zero-order chi connectivity index (χ0) is 7.56. The van der Waals surface area contributed by atoms with Crippen molar-refractivity contribution in [1.29, 1.82) is 5.26 Å². The van der Waals surface area contributed by atoms with E-state index in [1.165, 1.54) is 22.7 Å². The molecule has 1 fully saturated rings. The molecule has 0 aromatic carbocycles. The monoisotopic (exact) mass is 154 g/mol. The van der Waals surface area contributed by atoms with Crippen LogP contribution in [0.3, 0.4) is 0 Å². The first kappa shape index (κ1) is 7.16. The fourth-order valence-electron chi connectivity index (χ4n) is 0.646. The van der Waals surface area contributed by atoms with E-state index in [1.54, 1.807) is 7.05 Å². The fraction of sp³-hybridized carbons (Fsp3) is 0.333. The van der Waals surface area contributed by atoms with Gasteiger partial charge >= 0.3 is 0 Å². The van der Waals surface area contributed by atoms with E-state index in [1.807, 2.05) is 6.07 Å². The van der Waals surface area contributed by atoms with E-state index in [-0.39, 0.29) is 5.91 Å². The first-order chi connectivity index (χ1) is 4.75. The van der Waals surface area contributed by atoms with Gasteiger partial charge in [-0.3, -0.25) is 4.79 Å². The topological polar surface area (TPSA) is 44.1 Å². The van der Waals surface area contributed by atoms with Crippen molar-refractivity contribution in [3.05, 3.63) is 11.1 Å². The number of hydrogen-bond donors (Lipinski definition) is 0. The maximum Gasteiger partial charge on any atom is 0.237 e. The van der Waals surface area contributed by atoms with Gasteiger partial charge in [0.05, 0.1) is 16.9 Å². The summed E-state index contributed by atoms with van der Waals surface area (Å²) < 4.78 is 0.